The number of anilines is 1. The Morgan fingerprint density at radius 3 is 2.50 bits per heavy atom. The average molecular weight is 288 g/mol. The molecule has 8 heteroatoms. The highest BCUT2D eigenvalue weighted by Gasteiger charge is 2.33. The van der Waals surface area contributed by atoms with Gasteiger partial charge in [0, 0.05) is 0 Å². The number of amidine groups is 1. The Labute approximate surface area is 113 Å². The van der Waals surface area contributed by atoms with E-state index < -0.39 is 23.8 Å². The highest BCUT2D eigenvalue weighted by molar-refractivity contribution is 5.94. The number of rotatable bonds is 4. The predicted octanol–water partition coefficient (Wildman–Crippen LogP) is 2.54. The number of halogens is 3. The predicted molar refractivity (Wildman–Crippen MR) is 69.6 cm³/mol. The first-order valence-electron chi connectivity index (χ1n) is 5.83. The van der Waals surface area contributed by atoms with Crippen molar-refractivity contribution in [2.75, 3.05) is 5.32 Å². The zero-order valence-electron chi connectivity index (χ0n) is 10.7. The molecule has 0 radical (unpaired) electrons. The average Bonchev–Trinajstić information content (AvgIpc) is 2.35. The highest BCUT2D eigenvalue weighted by Crippen LogP contribution is 2.34. The third kappa shape index (κ3) is 4.15. The lowest BCUT2D eigenvalue weighted by molar-refractivity contribution is -0.136. The number of carbonyl (C=O) groups excluding carboxylic acids is 1. The summed E-state index contributed by atoms with van der Waals surface area (Å²) in [4.78, 5) is 11.6. The summed E-state index contributed by atoms with van der Waals surface area (Å²) in [5.74, 6) is -0.258. The number of amides is 2. The summed E-state index contributed by atoms with van der Waals surface area (Å²) in [6, 6.07) is 3.08. The van der Waals surface area contributed by atoms with E-state index in [9.17, 15) is 18.0 Å². The minimum atomic E-state index is -4.56. The molecule has 1 rings (SSSR count). The fourth-order valence-electron chi connectivity index (χ4n) is 1.56. The third-order valence-corrected chi connectivity index (χ3v) is 2.57. The van der Waals surface area contributed by atoms with E-state index in [0.717, 1.165) is 12.1 Å². The van der Waals surface area contributed by atoms with Crippen molar-refractivity contribution in [1.82, 2.24) is 5.32 Å². The summed E-state index contributed by atoms with van der Waals surface area (Å²) in [5.41, 5.74) is 3.96. The molecule has 0 spiro atoms. The van der Waals surface area contributed by atoms with Crippen molar-refractivity contribution in [3.8, 4) is 0 Å². The van der Waals surface area contributed by atoms with Gasteiger partial charge in [-0.15, -0.1) is 0 Å². The van der Waals surface area contributed by atoms with E-state index in [4.69, 9.17) is 11.1 Å². The lowest BCUT2D eigenvalue weighted by Gasteiger charge is -2.17. The van der Waals surface area contributed by atoms with Crippen molar-refractivity contribution in [1.29, 1.82) is 5.41 Å². The number of nitrogens with one attached hydrogen (secondary N) is 3. The maximum atomic E-state index is 12.7. The van der Waals surface area contributed by atoms with Crippen LogP contribution in [-0.2, 0) is 6.18 Å². The van der Waals surface area contributed by atoms with Crippen LogP contribution in [0.3, 0.4) is 0 Å². The van der Waals surface area contributed by atoms with E-state index in [-0.39, 0.29) is 11.5 Å². The quantitative estimate of drug-likeness (QED) is 0.506. The van der Waals surface area contributed by atoms with Crippen molar-refractivity contribution < 1.29 is 18.0 Å². The van der Waals surface area contributed by atoms with Crippen molar-refractivity contribution in [3.63, 3.8) is 0 Å². The van der Waals surface area contributed by atoms with Gasteiger partial charge in [0.15, 0.2) is 0 Å². The second-order valence-electron chi connectivity index (χ2n) is 4.06. The molecule has 0 aromatic heterocycles. The molecular formula is C12H15F3N4O. The van der Waals surface area contributed by atoms with Crippen molar-refractivity contribution >= 4 is 17.6 Å². The molecule has 0 aliphatic heterocycles. The second-order valence-corrected chi connectivity index (χ2v) is 4.06. The number of nitrogens with two attached hydrogens (primary N) is 1. The van der Waals surface area contributed by atoms with Crippen LogP contribution >= 0.6 is 0 Å². The van der Waals surface area contributed by atoms with Gasteiger partial charge in [-0.2, -0.15) is 13.2 Å². The zero-order chi connectivity index (χ0) is 15.3. The summed E-state index contributed by atoms with van der Waals surface area (Å²) >= 11 is 0. The van der Waals surface area contributed by atoms with Gasteiger partial charge in [-0.25, -0.2) is 4.79 Å². The van der Waals surface area contributed by atoms with E-state index in [2.05, 4.69) is 10.6 Å². The molecule has 0 fully saturated rings. The molecule has 110 valence electrons. The molecule has 0 aliphatic rings. The number of benzene rings is 1. The Morgan fingerprint density at radius 2 is 2.00 bits per heavy atom. The Kier molecular flexibility index (Phi) is 4.95. The molecule has 1 aromatic rings. The minimum absolute atomic E-state index is 0.258. The van der Waals surface area contributed by atoms with Gasteiger partial charge in [0.1, 0.15) is 5.84 Å². The fourth-order valence-corrected chi connectivity index (χ4v) is 1.56. The first-order valence-corrected chi connectivity index (χ1v) is 5.83. The maximum absolute atomic E-state index is 12.7. The standard InChI is InChI=1S/C12H15F3N4O/c1-2-8(10(16)17)18-11(20)19-9-6-4-3-5-7(9)12(13,14)15/h3-6,8H,2H2,1H3,(H3,16,17)(H2,18,19,20). The van der Waals surface area contributed by atoms with E-state index in [0.29, 0.717) is 6.42 Å². The van der Waals surface area contributed by atoms with E-state index in [1.165, 1.54) is 12.1 Å². The van der Waals surface area contributed by atoms with Gasteiger partial charge in [0.05, 0.1) is 17.3 Å². The molecule has 0 bridgehead atoms. The SMILES string of the molecule is CCC(NC(=O)Nc1ccccc1C(F)(F)F)C(=N)N. The highest BCUT2D eigenvalue weighted by atomic mass is 19.4. The molecule has 2 amide bonds. The summed E-state index contributed by atoms with van der Waals surface area (Å²) < 4.78 is 38.2. The molecule has 0 heterocycles. The number of alkyl halides is 3. The summed E-state index contributed by atoms with van der Waals surface area (Å²) in [6.45, 7) is 1.69. The topological polar surface area (TPSA) is 91.0 Å². The second kappa shape index (κ2) is 6.27. The fraction of sp³-hybridized carbons (Fsp3) is 0.333. The van der Waals surface area contributed by atoms with Crippen LogP contribution in [0.1, 0.15) is 18.9 Å². The molecular weight excluding hydrogens is 273 g/mol. The smallest absolute Gasteiger partial charge is 0.386 e. The zero-order valence-corrected chi connectivity index (χ0v) is 10.7. The maximum Gasteiger partial charge on any atom is 0.418 e. The monoisotopic (exact) mass is 288 g/mol. The van der Waals surface area contributed by atoms with Crippen molar-refractivity contribution in [3.05, 3.63) is 29.8 Å². The van der Waals surface area contributed by atoms with Gasteiger partial charge in [-0.1, -0.05) is 19.1 Å². The number of hydrogen-bond donors (Lipinski definition) is 4. The van der Waals surface area contributed by atoms with Crippen LogP contribution in [-0.4, -0.2) is 17.9 Å². The van der Waals surface area contributed by atoms with Crippen LogP contribution in [0.15, 0.2) is 24.3 Å². The van der Waals surface area contributed by atoms with Crippen LogP contribution < -0.4 is 16.4 Å². The lowest BCUT2D eigenvalue weighted by Crippen LogP contribution is -2.45. The Balaban J connectivity index is 2.84. The van der Waals surface area contributed by atoms with E-state index >= 15 is 0 Å². The summed E-state index contributed by atoms with van der Waals surface area (Å²) in [7, 11) is 0. The first-order chi connectivity index (χ1) is 9.25. The van der Waals surface area contributed by atoms with Crippen LogP contribution in [0.2, 0.25) is 0 Å². The van der Waals surface area contributed by atoms with Crippen molar-refractivity contribution in [2.45, 2.75) is 25.6 Å². The van der Waals surface area contributed by atoms with Gasteiger partial charge in [-0.3, -0.25) is 5.41 Å². The van der Waals surface area contributed by atoms with E-state index in [1.807, 2.05) is 0 Å². The third-order valence-electron chi connectivity index (χ3n) is 2.57. The Hall–Kier alpha value is -2.25. The van der Waals surface area contributed by atoms with Crippen molar-refractivity contribution in [2.24, 2.45) is 5.73 Å². The molecule has 5 nitrogen and oxygen atoms in total. The van der Waals surface area contributed by atoms with Crippen LogP contribution in [0.5, 0.6) is 0 Å². The molecule has 0 saturated carbocycles. The van der Waals surface area contributed by atoms with Gasteiger partial charge < -0.3 is 16.4 Å². The lowest BCUT2D eigenvalue weighted by atomic mass is 10.1. The summed E-state index contributed by atoms with van der Waals surface area (Å²) in [6.07, 6.45) is -4.20. The number of urea groups is 1. The summed E-state index contributed by atoms with van der Waals surface area (Å²) in [5, 5.41) is 11.7. The molecule has 0 aliphatic carbocycles. The number of para-hydroxylation sites is 1. The molecule has 1 unspecified atom stereocenters. The van der Waals surface area contributed by atoms with Gasteiger partial charge >= 0.3 is 12.2 Å². The van der Waals surface area contributed by atoms with Gasteiger partial charge in [0.2, 0.25) is 0 Å². The normalized spacial score (nSPS) is 12.6. The number of hydrogen-bond acceptors (Lipinski definition) is 2. The molecule has 0 saturated heterocycles. The van der Waals surface area contributed by atoms with Gasteiger partial charge in [-0.05, 0) is 18.6 Å². The van der Waals surface area contributed by atoms with Gasteiger partial charge in [0.25, 0.3) is 0 Å². The first kappa shape index (κ1) is 15.8. The molecule has 1 atom stereocenters. The molecule has 5 N–H and O–H groups in total. The minimum Gasteiger partial charge on any atom is -0.386 e. The largest absolute Gasteiger partial charge is 0.418 e. The number of carbonyl (C=O) groups is 1. The van der Waals surface area contributed by atoms with E-state index in [1.54, 1.807) is 6.92 Å². The van der Waals surface area contributed by atoms with Crippen LogP contribution in [0, 0.1) is 5.41 Å². The Bertz CT molecular complexity index is 502. The molecule has 1 aromatic carbocycles. The molecule has 20 heavy (non-hydrogen) atoms. The van der Waals surface area contributed by atoms with Crippen LogP contribution in [0.4, 0.5) is 23.7 Å². The Morgan fingerprint density at radius 1 is 1.40 bits per heavy atom. The van der Waals surface area contributed by atoms with Crippen LogP contribution in [0.25, 0.3) is 0 Å².